The van der Waals surface area contributed by atoms with Crippen molar-refractivity contribution in [3.8, 4) is 0 Å². The van der Waals surface area contributed by atoms with Gasteiger partial charge in [0.15, 0.2) is 0 Å². The van der Waals surface area contributed by atoms with Crippen LogP contribution in [0.1, 0.15) is 32.3 Å². The van der Waals surface area contributed by atoms with Crippen molar-refractivity contribution in [1.82, 2.24) is 4.90 Å². The minimum Gasteiger partial charge on any atom is -0.481 e. The largest absolute Gasteiger partial charge is 0.481 e. The number of rotatable bonds is 3. The molecule has 3 heteroatoms. The number of carboxylic acids is 1. The molecule has 1 unspecified atom stereocenters. The quantitative estimate of drug-likeness (QED) is 0.893. The number of piperidine rings is 1. The van der Waals surface area contributed by atoms with Gasteiger partial charge in [0.1, 0.15) is 0 Å². The Bertz CT molecular complexity index is 392. The van der Waals surface area contributed by atoms with E-state index < -0.39 is 5.97 Å². The zero-order chi connectivity index (χ0) is 13.1. The molecule has 0 bridgehead atoms. The second-order valence-corrected chi connectivity index (χ2v) is 5.36. The molecule has 0 radical (unpaired) electrons. The Kier molecular flexibility index (Phi) is 4.02. The van der Waals surface area contributed by atoms with E-state index in [1.165, 1.54) is 5.56 Å². The van der Waals surface area contributed by atoms with Crippen LogP contribution in [-0.2, 0) is 11.3 Å². The first kappa shape index (κ1) is 13.1. The molecule has 0 amide bonds. The smallest absolute Gasteiger partial charge is 0.306 e. The summed E-state index contributed by atoms with van der Waals surface area (Å²) < 4.78 is 0. The fourth-order valence-electron chi connectivity index (χ4n) is 2.93. The maximum atomic E-state index is 11.1. The third-order valence-electron chi connectivity index (χ3n) is 3.94. The highest BCUT2D eigenvalue weighted by molar-refractivity contribution is 5.70. The van der Waals surface area contributed by atoms with Crippen molar-refractivity contribution in [3.63, 3.8) is 0 Å². The molecule has 98 valence electrons. The fourth-order valence-corrected chi connectivity index (χ4v) is 2.93. The average Bonchev–Trinajstić information content (AvgIpc) is 2.34. The Morgan fingerprint density at radius 1 is 1.22 bits per heavy atom. The van der Waals surface area contributed by atoms with Crippen LogP contribution < -0.4 is 0 Å². The van der Waals surface area contributed by atoms with Gasteiger partial charge in [0, 0.05) is 18.6 Å². The van der Waals surface area contributed by atoms with Gasteiger partial charge in [0.25, 0.3) is 0 Å². The van der Waals surface area contributed by atoms with Gasteiger partial charge in [-0.25, -0.2) is 0 Å². The lowest BCUT2D eigenvalue weighted by Gasteiger charge is -2.41. The molecule has 18 heavy (non-hydrogen) atoms. The number of hydrogen-bond donors (Lipinski definition) is 1. The van der Waals surface area contributed by atoms with Crippen LogP contribution in [0.25, 0.3) is 0 Å². The molecule has 0 aromatic heterocycles. The van der Waals surface area contributed by atoms with Crippen molar-refractivity contribution < 1.29 is 9.90 Å². The van der Waals surface area contributed by atoms with E-state index in [1.54, 1.807) is 0 Å². The van der Waals surface area contributed by atoms with Gasteiger partial charge in [-0.1, -0.05) is 30.3 Å². The molecule has 3 atom stereocenters. The Morgan fingerprint density at radius 2 is 1.78 bits per heavy atom. The molecular weight excluding hydrogens is 226 g/mol. The molecule has 3 nitrogen and oxygen atoms in total. The van der Waals surface area contributed by atoms with E-state index in [0.717, 1.165) is 19.4 Å². The van der Waals surface area contributed by atoms with E-state index >= 15 is 0 Å². The lowest BCUT2D eigenvalue weighted by molar-refractivity contribution is -0.145. The fraction of sp³-hybridized carbons (Fsp3) is 0.533. The topological polar surface area (TPSA) is 40.5 Å². The van der Waals surface area contributed by atoms with Gasteiger partial charge in [-0.3, -0.25) is 9.69 Å². The van der Waals surface area contributed by atoms with Gasteiger partial charge in [-0.15, -0.1) is 0 Å². The summed E-state index contributed by atoms with van der Waals surface area (Å²) in [4.78, 5) is 13.5. The summed E-state index contributed by atoms with van der Waals surface area (Å²) in [5.41, 5.74) is 1.30. The number of nitrogens with zero attached hydrogens (tertiary/aromatic N) is 1. The molecule has 1 fully saturated rings. The Labute approximate surface area is 108 Å². The SMILES string of the molecule is C[C@@H]1CC(C(=O)O)C[C@H](C)N1Cc1ccccc1. The summed E-state index contributed by atoms with van der Waals surface area (Å²) in [5.74, 6) is -0.824. The number of likely N-dealkylation sites (tertiary alicyclic amines) is 1. The minimum atomic E-state index is -0.645. The molecule has 1 aliphatic rings. The molecule has 2 rings (SSSR count). The third-order valence-corrected chi connectivity index (χ3v) is 3.94. The summed E-state index contributed by atoms with van der Waals surface area (Å²) in [7, 11) is 0. The van der Waals surface area contributed by atoms with Crippen LogP contribution in [0.5, 0.6) is 0 Å². The summed E-state index contributed by atoms with van der Waals surface area (Å²) in [5, 5.41) is 9.13. The first-order valence-corrected chi connectivity index (χ1v) is 6.60. The molecule has 1 N–H and O–H groups in total. The van der Waals surface area contributed by atoms with Gasteiger partial charge in [0.2, 0.25) is 0 Å². The highest BCUT2D eigenvalue weighted by Gasteiger charge is 2.34. The second-order valence-electron chi connectivity index (χ2n) is 5.36. The molecule has 1 heterocycles. The molecule has 1 aromatic rings. The van der Waals surface area contributed by atoms with Crippen LogP contribution in [0.15, 0.2) is 30.3 Å². The van der Waals surface area contributed by atoms with Crippen molar-refractivity contribution >= 4 is 5.97 Å². The van der Waals surface area contributed by atoms with Crippen molar-refractivity contribution in [2.24, 2.45) is 5.92 Å². The molecule has 0 spiro atoms. The van der Waals surface area contributed by atoms with Crippen molar-refractivity contribution in [2.45, 2.75) is 45.3 Å². The number of carboxylic acid groups (broad SMARTS) is 1. The van der Waals surface area contributed by atoms with E-state index in [2.05, 4.69) is 43.0 Å². The summed E-state index contributed by atoms with van der Waals surface area (Å²) in [6, 6.07) is 11.0. The normalized spacial score (nSPS) is 29.1. The van der Waals surface area contributed by atoms with Crippen LogP contribution >= 0.6 is 0 Å². The average molecular weight is 247 g/mol. The van der Waals surface area contributed by atoms with Crippen molar-refractivity contribution in [2.75, 3.05) is 0 Å². The van der Waals surface area contributed by atoms with Crippen LogP contribution in [0.4, 0.5) is 0 Å². The predicted octanol–water partition coefficient (Wildman–Crippen LogP) is 2.76. The highest BCUT2D eigenvalue weighted by atomic mass is 16.4. The van der Waals surface area contributed by atoms with Crippen LogP contribution in [0, 0.1) is 5.92 Å². The minimum absolute atomic E-state index is 0.179. The Hall–Kier alpha value is -1.35. The molecule has 1 aromatic carbocycles. The zero-order valence-electron chi connectivity index (χ0n) is 11.0. The molecule has 0 saturated carbocycles. The van der Waals surface area contributed by atoms with Crippen molar-refractivity contribution in [3.05, 3.63) is 35.9 Å². The maximum absolute atomic E-state index is 11.1. The molecule has 0 aliphatic carbocycles. The molecular formula is C15H21NO2. The summed E-state index contributed by atoms with van der Waals surface area (Å²) >= 11 is 0. The number of benzene rings is 1. The van der Waals surface area contributed by atoms with Gasteiger partial charge in [-0.2, -0.15) is 0 Å². The lowest BCUT2D eigenvalue weighted by atomic mass is 9.87. The standard InChI is InChI=1S/C15H21NO2/c1-11-8-14(15(17)18)9-12(2)16(11)10-13-6-4-3-5-7-13/h3-7,11-12,14H,8-10H2,1-2H3,(H,17,18)/t11-,12+,14?. The number of hydrogen-bond acceptors (Lipinski definition) is 2. The third kappa shape index (κ3) is 2.91. The van der Waals surface area contributed by atoms with Crippen LogP contribution in [0.3, 0.4) is 0 Å². The predicted molar refractivity (Wildman–Crippen MR) is 71.3 cm³/mol. The summed E-state index contributed by atoms with van der Waals surface area (Å²) in [6.45, 7) is 5.18. The Balaban J connectivity index is 2.04. The zero-order valence-corrected chi connectivity index (χ0v) is 11.0. The van der Waals surface area contributed by atoms with Gasteiger partial charge >= 0.3 is 5.97 Å². The Morgan fingerprint density at radius 3 is 2.28 bits per heavy atom. The van der Waals surface area contributed by atoms with Gasteiger partial charge < -0.3 is 5.11 Å². The lowest BCUT2D eigenvalue weighted by Crippen LogP contribution is -2.47. The number of carbonyl (C=O) groups is 1. The van der Waals surface area contributed by atoms with E-state index in [1.807, 2.05) is 6.07 Å². The second kappa shape index (κ2) is 5.53. The number of aliphatic carboxylic acids is 1. The van der Waals surface area contributed by atoms with E-state index in [9.17, 15) is 4.79 Å². The van der Waals surface area contributed by atoms with Crippen LogP contribution in [0.2, 0.25) is 0 Å². The summed E-state index contributed by atoms with van der Waals surface area (Å²) in [6.07, 6.45) is 1.51. The monoisotopic (exact) mass is 247 g/mol. The van der Waals surface area contributed by atoms with E-state index in [0.29, 0.717) is 12.1 Å². The highest BCUT2D eigenvalue weighted by Crippen LogP contribution is 2.29. The van der Waals surface area contributed by atoms with Crippen molar-refractivity contribution in [1.29, 1.82) is 0 Å². The van der Waals surface area contributed by atoms with E-state index in [-0.39, 0.29) is 5.92 Å². The van der Waals surface area contributed by atoms with E-state index in [4.69, 9.17) is 5.11 Å². The first-order valence-electron chi connectivity index (χ1n) is 6.60. The first-order chi connectivity index (χ1) is 8.58. The van der Waals surface area contributed by atoms with Gasteiger partial charge in [0.05, 0.1) is 5.92 Å². The maximum Gasteiger partial charge on any atom is 0.306 e. The molecule has 1 saturated heterocycles. The van der Waals surface area contributed by atoms with Gasteiger partial charge in [-0.05, 0) is 32.3 Å². The van der Waals surface area contributed by atoms with Crippen LogP contribution in [-0.4, -0.2) is 28.1 Å². The molecule has 1 aliphatic heterocycles.